The van der Waals surface area contributed by atoms with Crippen LogP contribution < -0.4 is 9.64 Å². The fraction of sp³-hybridized carbons (Fsp3) is 0.0870. The predicted octanol–water partition coefficient (Wildman–Crippen LogP) is 6.46. The molecule has 1 aliphatic heterocycles. The summed E-state index contributed by atoms with van der Waals surface area (Å²) < 4.78 is 5.29. The molecule has 2 heterocycles. The molecule has 0 saturated carbocycles. The molecule has 0 atom stereocenters. The second kappa shape index (κ2) is 7.66. The summed E-state index contributed by atoms with van der Waals surface area (Å²) in [4.78, 5) is 26.4. The Morgan fingerprint density at radius 2 is 1.63 bits per heavy atom. The van der Waals surface area contributed by atoms with Gasteiger partial charge in [-0.1, -0.05) is 36.0 Å². The fourth-order valence-corrected chi connectivity index (χ4v) is 5.26. The minimum Gasteiger partial charge on any atom is -0.497 e. The summed E-state index contributed by atoms with van der Waals surface area (Å²) in [6, 6.07) is 21.5. The van der Waals surface area contributed by atoms with E-state index in [-0.39, 0.29) is 5.24 Å². The molecule has 5 rings (SSSR count). The second-order valence-corrected chi connectivity index (χ2v) is 8.72. The number of fused-ring (bicyclic) bond motifs is 3. The number of nitrogens with zero attached hydrogens (tertiary/aromatic N) is 3. The highest BCUT2D eigenvalue weighted by Gasteiger charge is 2.29. The Hall–Kier alpha value is -3.03. The zero-order valence-corrected chi connectivity index (χ0v) is 18.0. The third kappa shape index (κ3) is 3.30. The van der Waals surface area contributed by atoms with Crippen LogP contribution in [0.3, 0.4) is 0 Å². The van der Waals surface area contributed by atoms with Gasteiger partial charge in [0, 0.05) is 32.6 Å². The highest BCUT2D eigenvalue weighted by molar-refractivity contribution is 8.13. The summed E-state index contributed by atoms with van der Waals surface area (Å²) in [6.45, 7) is 1.92. The van der Waals surface area contributed by atoms with Gasteiger partial charge in [0.25, 0.3) is 5.24 Å². The van der Waals surface area contributed by atoms with Crippen LogP contribution in [0.5, 0.6) is 5.75 Å². The van der Waals surface area contributed by atoms with E-state index in [1.165, 1.54) is 0 Å². The van der Waals surface area contributed by atoms with Crippen molar-refractivity contribution in [3.05, 3.63) is 72.4 Å². The maximum Gasteiger partial charge on any atom is 0.298 e. The Morgan fingerprint density at radius 3 is 2.30 bits per heavy atom. The highest BCUT2D eigenvalue weighted by Crippen LogP contribution is 2.49. The van der Waals surface area contributed by atoms with Crippen LogP contribution in [-0.4, -0.2) is 22.3 Å². The molecule has 4 aromatic rings. The maximum atomic E-state index is 13.4. The van der Waals surface area contributed by atoms with Crippen molar-refractivity contribution in [1.82, 2.24) is 9.97 Å². The van der Waals surface area contributed by atoms with Gasteiger partial charge < -0.3 is 4.74 Å². The smallest absolute Gasteiger partial charge is 0.298 e. The van der Waals surface area contributed by atoms with E-state index in [0.717, 1.165) is 55.3 Å². The lowest BCUT2D eigenvalue weighted by atomic mass is 10.2. The zero-order chi connectivity index (χ0) is 20.7. The molecule has 0 aliphatic carbocycles. The van der Waals surface area contributed by atoms with Crippen LogP contribution in [0.15, 0.2) is 81.7 Å². The summed E-state index contributed by atoms with van der Waals surface area (Å²) in [5.41, 5.74) is 3.35. The first-order valence-corrected chi connectivity index (χ1v) is 11.0. The van der Waals surface area contributed by atoms with Gasteiger partial charge in [-0.05, 0) is 49.4 Å². The maximum absolute atomic E-state index is 13.4. The van der Waals surface area contributed by atoms with Crippen molar-refractivity contribution in [1.29, 1.82) is 0 Å². The molecule has 148 valence electrons. The number of hydrogen-bond donors (Lipinski definition) is 0. The van der Waals surface area contributed by atoms with E-state index in [9.17, 15) is 4.79 Å². The fourth-order valence-electron chi connectivity index (χ4n) is 3.43. The van der Waals surface area contributed by atoms with E-state index in [1.807, 2.05) is 73.7 Å². The number of ether oxygens (including phenoxy) is 1. The normalized spacial score (nSPS) is 12.4. The van der Waals surface area contributed by atoms with Crippen molar-refractivity contribution in [2.24, 2.45) is 0 Å². The van der Waals surface area contributed by atoms with E-state index in [1.54, 1.807) is 23.8 Å². The third-order valence-corrected chi connectivity index (χ3v) is 6.72. The summed E-state index contributed by atoms with van der Waals surface area (Å²) in [7, 11) is 1.63. The number of rotatable bonds is 2. The Labute approximate surface area is 182 Å². The van der Waals surface area contributed by atoms with Gasteiger partial charge in [-0.15, -0.1) is 0 Å². The number of carbonyl (C=O) groups is 1. The third-order valence-electron chi connectivity index (χ3n) is 4.87. The number of hydrogen-bond acceptors (Lipinski definition) is 6. The van der Waals surface area contributed by atoms with Crippen LogP contribution in [0, 0.1) is 6.92 Å². The van der Waals surface area contributed by atoms with E-state index < -0.39 is 0 Å². The largest absolute Gasteiger partial charge is 0.497 e. The number of amides is 1. The minimum atomic E-state index is -0.137. The first-order chi connectivity index (χ1) is 14.6. The molecule has 0 fully saturated rings. The van der Waals surface area contributed by atoms with Crippen molar-refractivity contribution < 1.29 is 9.53 Å². The van der Waals surface area contributed by atoms with Crippen molar-refractivity contribution in [2.75, 3.05) is 12.0 Å². The van der Waals surface area contributed by atoms with Gasteiger partial charge in [0.2, 0.25) is 0 Å². The molecule has 3 aromatic carbocycles. The molecule has 1 aliphatic rings. The number of methoxy groups -OCH3 is 1. The molecule has 0 N–H and O–H groups in total. The number of para-hydroxylation sites is 2. The van der Waals surface area contributed by atoms with Gasteiger partial charge in [0.05, 0.1) is 24.0 Å². The summed E-state index contributed by atoms with van der Waals surface area (Å²) >= 11 is 2.71. The summed E-state index contributed by atoms with van der Waals surface area (Å²) in [6.07, 6.45) is 0. The number of carbonyl (C=O) groups excluding carboxylic acids is 1. The van der Waals surface area contributed by atoms with Crippen LogP contribution in [0.1, 0.15) is 5.69 Å². The molecule has 1 aromatic heterocycles. The van der Waals surface area contributed by atoms with Gasteiger partial charge in [0.1, 0.15) is 5.75 Å². The molecule has 0 radical (unpaired) electrons. The van der Waals surface area contributed by atoms with Crippen LogP contribution in [0.4, 0.5) is 16.2 Å². The first kappa shape index (κ1) is 19.0. The van der Waals surface area contributed by atoms with E-state index >= 15 is 0 Å². The molecular formula is C23H17N3O2S2. The Bertz CT molecular complexity index is 1250. The molecule has 7 heteroatoms. The summed E-state index contributed by atoms with van der Waals surface area (Å²) in [5, 5.41) is 1.21. The monoisotopic (exact) mass is 431 g/mol. The standard InChI is InChI=1S/C23H17N3O2S2/c1-14-16-13-15(28-2)11-12-17(16)25-22(24-14)30-23(27)26-18-7-3-5-9-20(18)29-21-10-6-4-8-19(21)26/h3-13H,1-2H3. The van der Waals surface area contributed by atoms with Crippen molar-refractivity contribution in [3.8, 4) is 5.75 Å². The van der Waals surface area contributed by atoms with E-state index in [4.69, 9.17) is 4.74 Å². The second-order valence-electron chi connectivity index (χ2n) is 6.72. The molecule has 30 heavy (non-hydrogen) atoms. The van der Waals surface area contributed by atoms with Crippen molar-refractivity contribution in [3.63, 3.8) is 0 Å². The van der Waals surface area contributed by atoms with Gasteiger partial charge in [0.15, 0.2) is 5.16 Å². The van der Waals surface area contributed by atoms with Gasteiger partial charge in [-0.25, -0.2) is 9.97 Å². The van der Waals surface area contributed by atoms with Crippen LogP contribution in [0.25, 0.3) is 10.9 Å². The zero-order valence-electron chi connectivity index (χ0n) is 16.3. The molecule has 0 unspecified atom stereocenters. The molecule has 1 amide bonds. The number of aryl methyl sites for hydroxylation is 1. The first-order valence-electron chi connectivity index (χ1n) is 9.34. The lowest BCUT2D eigenvalue weighted by Crippen LogP contribution is -2.24. The number of aromatic nitrogens is 2. The Balaban J connectivity index is 1.53. The molecule has 0 spiro atoms. The van der Waals surface area contributed by atoms with E-state index in [2.05, 4.69) is 9.97 Å². The Kier molecular flexibility index (Phi) is 4.84. The van der Waals surface area contributed by atoms with Crippen molar-refractivity contribution in [2.45, 2.75) is 21.9 Å². The highest BCUT2D eigenvalue weighted by atomic mass is 32.2. The summed E-state index contributed by atoms with van der Waals surface area (Å²) in [5.74, 6) is 0.754. The lowest BCUT2D eigenvalue weighted by Gasteiger charge is -2.30. The number of anilines is 2. The van der Waals surface area contributed by atoms with Gasteiger partial charge >= 0.3 is 0 Å². The molecule has 5 nitrogen and oxygen atoms in total. The Morgan fingerprint density at radius 1 is 0.967 bits per heavy atom. The SMILES string of the molecule is COc1ccc2nc(SC(=O)N3c4ccccc4Sc4ccccc43)nc(C)c2c1. The average Bonchev–Trinajstić information content (AvgIpc) is 2.77. The van der Waals surface area contributed by atoms with Crippen LogP contribution in [-0.2, 0) is 0 Å². The predicted molar refractivity (Wildman–Crippen MR) is 121 cm³/mol. The topological polar surface area (TPSA) is 55.3 Å². The molecular weight excluding hydrogens is 414 g/mol. The lowest BCUT2D eigenvalue weighted by molar-refractivity contribution is 0.266. The average molecular weight is 432 g/mol. The van der Waals surface area contributed by atoms with E-state index in [0.29, 0.717) is 5.16 Å². The molecule has 0 bridgehead atoms. The van der Waals surface area contributed by atoms with Crippen molar-refractivity contribution >= 4 is 51.0 Å². The van der Waals surface area contributed by atoms with Gasteiger partial charge in [-0.2, -0.15) is 0 Å². The van der Waals surface area contributed by atoms with Crippen LogP contribution >= 0.6 is 23.5 Å². The van der Waals surface area contributed by atoms with Gasteiger partial charge in [-0.3, -0.25) is 9.69 Å². The quantitative estimate of drug-likeness (QED) is 0.268. The number of thioether (sulfide) groups is 1. The van der Waals surface area contributed by atoms with Crippen LogP contribution in [0.2, 0.25) is 0 Å². The number of benzene rings is 3. The minimum absolute atomic E-state index is 0.137. The molecule has 0 saturated heterocycles.